The van der Waals surface area contributed by atoms with E-state index in [-0.39, 0.29) is 22.1 Å². The van der Waals surface area contributed by atoms with Gasteiger partial charge in [0.05, 0.1) is 12.9 Å². The molecule has 164 valence electrons. The van der Waals surface area contributed by atoms with E-state index in [2.05, 4.69) is 14.9 Å². The molecule has 3 aromatic rings. The van der Waals surface area contributed by atoms with Crippen LogP contribution >= 0.6 is 11.8 Å². The molecular formula is C19H20FN5O4S2. The third kappa shape index (κ3) is 4.36. The van der Waals surface area contributed by atoms with Gasteiger partial charge in [-0.3, -0.25) is 9.20 Å². The molecule has 1 aromatic carbocycles. The highest BCUT2D eigenvalue weighted by atomic mass is 32.2. The Labute approximate surface area is 182 Å². The number of esters is 1. The number of carbonyl (C=O) groups excluding carboxylic acids is 1. The standard InChI is InChI=1S/C19H20FN5O4S2/c1-29-17(26)13-30-19-22-21-18-16(3-2-8-25(18)19)31(27,28)24-11-9-23(10-12-24)15-6-4-14(20)5-7-15/h2-8H,9-13H2,1H3. The highest BCUT2D eigenvalue weighted by molar-refractivity contribution is 7.99. The van der Waals surface area contributed by atoms with Crippen molar-refractivity contribution in [2.24, 2.45) is 0 Å². The number of fused-ring (bicyclic) bond motifs is 1. The van der Waals surface area contributed by atoms with Gasteiger partial charge >= 0.3 is 5.97 Å². The number of benzene rings is 1. The first kappa shape index (κ1) is 21.5. The van der Waals surface area contributed by atoms with Gasteiger partial charge in [0.25, 0.3) is 0 Å². The average molecular weight is 466 g/mol. The Hall–Kier alpha value is -2.70. The number of ether oxygens (including phenoxy) is 1. The summed E-state index contributed by atoms with van der Waals surface area (Å²) < 4.78 is 47.4. The van der Waals surface area contributed by atoms with Crippen molar-refractivity contribution < 1.29 is 22.3 Å². The number of halogens is 1. The molecule has 0 amide bonds. The first-order chi connectivity index (χ1) is 14.9. The molecule has 0 spiro atoms. The smallest absolute Gasteiger partial charge is 0.316 e. The number of thioether (sulfide) groups is 1. The zero-order chi connectivity index (χ0) is 22.0. The van der Waals surface area contributed by atoms with Gasteiger partial charge in [0.15, 0.2) is 10.8 Å². The maximum Gasteiger partial charge on any atom is 0.316 e. The van der Waals surface area contributed by atoms with Gasteiger partial charge in [-0.2, -0.15) is 4.31 Å². The van der Waals surface area contributed by atoms with E-state index in [4.69, 9.17) is 0 Å². The Morgan fingerprint density at radius 3 is 2.52 bits per heavy atom. The summed E-state index contributed by atoms with van der Waals surface area (Å²) >= 11 is 1.12. The van der Waals surface area contributed by atoms with Crippen LogP contribution in [-0.2, 0) is 19.6 Å². The van der Waals surface area contributed by atoms with Crippen LogP contribution in [0.1, 0.15) is 0 Å². The predicted octanol–water partition coefficient (Wildman–Crippen LogP) is 1.64. The molecule has 1 saturated heterocycles. The minimum atomic E-state index is -3.80. The maximum absolute atomic E-state index is 13.3. The van der Waals surface area contributed by atoms with Crippen molar-refractivity contribution in [1.82, 2.24) is 18.9 Å². The minimum absolute atomic E-state index is 0.0413. The molecule has 2 aromatic heterocycles. The molecule has 4 rings (SSSR count). The number of nitrogens with zero attached hydrogens (tertiary/aromatic N) is 5. The van der Waals surface area contributed by atoms with Crippen LogP contribution in [0.4, 0.5) is 10.1 Å². The monoisotopic (exact) mass is 465 g/mol. The summed E-state index contributed by atoms with van der Waals surface area (Å²) in [4.78, 5) is 13.5. The fourth-order valence-corrected chi connectivity index (χ4v) is 5.62. The molecular weight excluding hydrogens is 445 g/mol. The lowest BCUT2D eigenvalue weighted by Gasteiger charge is -2.35. The number of rotatable bonds is 6. The third-order valence-electron chi connectivity index (χ3n) is 4.96. The van der Waals surface area contributed by atoms with Gasteiger partial charge in [-0.05, 0) is 36.4 Å². The molecule has 1 fully saturated rings. The quantitative estimate of drug-likeness (QED) is 0.400. The summed E-state index contributed by atoms with van der Waals surface area (Å²) in [5, 5.41) is 8.47. The molecule has 0 atom stereocenters. The normalized spacial score (nSPS) is 15.4. The first-order valence-corrected chi connectivity index (χ1v) is 11.9. The molecule has 0 bridgehead atoms. The first-order valence-electron chi connectivity index (χ1n) is 9.44. The van der Waals surface area contributed by atoms with Crippen LogP contribution in [0.5, 0.6) is 0 Å². The van der Waals surface area contributed by atoms with E-state index in [0.717, 1.165) is 17.4 Å². The molecule has 12 heteroatoms. The molecule has 0 saturated carbocycles. The number of piperazine rings is 1. The van der Waals surface area contributed by atoms with E-state index in [1.807, 2.05) is 4.90 Å². The Morgan fingerprint density at radius 2 is 1.84 bits per heavy atom. The van der Waals surface area contributed by atoms with Crippen LogP contribution in [-0.4, -0.2) is 72.3 Å². The molecule has 3 heterocycles. The van der Waals surface area contributed by atoms with Crippen LogP contribution in [0.25, 0.3) is 5.65 Å². The Balaban J connectivity index is 1.53. The lowest BCUT2D eigenvalue weighted by atomic mass is 10.2. The van der Waals surface area contributed by atoms with Crippen molar-refractivity contribution in [3.8, 4) is 0 Å². The van der Waals surface area contributed by atoms with E-state index in [0.29, 0.717) is 31.3 Å². The molecule has 1 aliphatic heterocycles. The van der Waals surface area contributed by atoms with Crippen molar-refractivity contribution in [1.29, 1.82) is 0 Å². The molecule has 31 heavy (non-hydrogen) atoms. The van der Waals surface area contributed by atoms with Gasteiger partial charge < -0.3 is 9.64 Å². The second kappa shape index (κ2) is 8.81. The summed E-state index contributed by atoms with van der Waals surface area (Å²) in [7, 11) is -2.50. The summed E-state index contributed by atoms with van der Waals surface area (Å²) in [6.07, 6.45) is 1.65. The number of methoxy groups -OCH3 is 1. The lowest BCUT2D eigenvalue weighted by Crippen LogP contribution is -2.48. The Kier molecular flexibility index (Phi) is 6.12. The van der Waals surface area contributed by atoms with E-state index in [1.54, 1.807) is 28.8 Å². The number of carbonyl (C=O) groups is 1. The van der Waals surface area contributed by atoms with Gasteiger partial charge in [0.2, 0.25) is 10.0 Å². The van der Waals surface area contributed by atoms with Crippen molar-refractivity contribution in [3.05, 3.63) is 48.4 Å². The van der Waals surface area contributed by atoms with Crippen LogP contribution in [0.3, 0.4) is 0 Å². The van der Waals surface area contributed by atoms with Crippen molar-refractivity contribution in [2.75, 3.05) is 43.9 Å². The van der Waals surface area contributed by atoms with Crippen LogP contribution in [0.15, 0.2) is 52.6 Å². The molecule has 0 unspecified atom stereocenters. The lowest BCUT2D eigenvalue weighted by molar-refractivity contribution is -0.137. The van der Waals surface area contributed by atoms with Crippen molar-refractivity contribution >= 4 is 39.1 Å². The molecule has 0 aliphatic carbocycles. The van der Waals surface area contributed by atoms with E-state index < -0.39 is 16.0 Å². The Bertz CT molecular complexity index is 1190. The summed E-state index contributed by atoms with van der Waals surface area (Å²) in [6, 6.07) is 9.26. The summed E-state index contributed by atoms with van der Waals surface area (Å²) in [5.74, 6) is -0.681. The number of hydrogen-bond donors (Lipinski definition) is 0. The number of aromatic nitrogens is 3. The van der Waals surface area contributed by atoms with Crippen LogP contribution in [0.2, 0.25) is 0 Å². The average Bonchev–Trinajstić information content (AvgIpc) is 3.21. The number of sulfonamides is 1. The van der Waals surface area contributed by atoms with E-state index >= 15 is 0 Å². The SMILES string of the molecule is COC(=O)CSc1nnc2c(S(=O)(=O)N3CCN(c4ccc(F)cc4)CC3)cccn12. The topological polar surface area (TPSA) is 97.1 Å². The Morgan fingerprint density at radius 1 is 1.13 bits per heavy atom. The zero-order valence-electron chi connectivity index (χ0n) is 16.6. The van der Waals surface area contributed by atoms with Crippen molar-refractivity contribution in [2.45, 2.75) is 10.1 Å². The minimum Gasteiger partial charge on any atom is -0.468 e. The number of hydrogen-bond acceptors (Lipinski definition) is 8. The zero-order valence-corrected chi connectivity index (χ0v) is 18.3. The van der Waals surface area contributed by atoms with Crippen LogP contribution in [0, 0.1) is 5.82 Å². The van der Waals surface area contributed by atoms with Gasteiger partial charge in [-0.25, -0.2) is 12.8 Å². The summed E-state index contributed by atoms with van der Waals surface area (Å²) in [5.41, 5.74) is 1.06. The summed E-state index contributed by atoms with van der Waals surface area (Å²) in [6.45, 7) is 1.56. The van der Waals surface area contributed by atoms with E-state index in [9.17, 15) is 17.6 Å². The molecule has 9 nitrogen and oxygen atoms in total. The molecule has 0 N–H and O–H groups in total. The van der Waals surface area contributed by atoms with Crippen molar-refractivity contribution in [3.63, 3.8) is 0 Å². The fraction of sp³-hybridized carbons (Fsp3) is 0.316. The number of anilines is 1. The van der Waals surface area contributed by atoms with E-state index in [1.165, 1.54) is 29.6 Å². The van der Waals surface area contributed by atoms with Gasteiger partial charge in [0.1, 0.15) is 10.7 Å². The predicted molar refractivity (Wildman–Crippen MR) is 113 cm³/mol. The fourth-order valence-electron chi connectivity index (χ4n) is 3.33. The highest BCUT2D eigenvalue weighted by Gasteiger charge is 2.31. The highest BCUT2D eigenvalue weighted by Crippen LogP contribution is 2.26. The number of pyridine rings is 1. The molecule has 1 aliphatic rings. The second-order valence-electron chi connectivity index (χ2n) is 6.78. The van der Waals surface area contributed by atoms with Crippen LogP contribution < -0.4 is 4.90 Å². The van der Waals surface area contributed by atoms with Gasteiger partial charge in [0, 0.05) is 38.1 Å². The van der Waals surface area contributed by atoms with Gasteiger partial charge in [-0.1, -0.05) is 11.8 Å². The largest absolute Gasteiger partial charge is 0.468 e. The maximum atomic E-state index is 13.3. The second-order valence-corrected chi connectivity index (χ2v) is 9.63. The third-order valence-corrected chi connectivity index (χ3v) is 7.80. The molecule has 0 radical (unpaired) electrons. The van der Waals surface area contributed by atoms with Gasteiger partial charge in [-0.15, -0.1) is 10.2 Å².